The van der Waals surface area contributed by atoms with E-state index in [1.807, 2.05) is 16.7 Å². The van der Waals surface area contributed by atoms with E-state index >= 15 is 0 Å². The molecule has 2 saturated heterocycles. The Morgan fingerprint density at radius 2 is 1.76 bits per heavy atom. The van der Waals surface area contributed by atoms with E-state index in [-0.39, 0.29) is 30.4 Å². The van der Waals surface area contributed by atoms with Gasteiger partial charge in [0.15, 0.2) is 0 Å². The van der Waals surface area contributed by atoms with Crippen molar-refractivity contribution in [1.82, 2.24) is 14.7 Å². The fourth-order valence-corrected chi connectivity index (χ4v) is 5.37. The number of carbonyl (C=O) groups is 2. The Kier molecular flexibility index (Phi) is 5.87. The Morgan fingerprint density at radius 3 is 2.41 bits per heavy atom. The standard InChI is InChI=1S/C22H30ClN3O3/c1-22(15-27)14-25(21(29)17-6-8-18(23)9-7-17)13-19-12-24(10-11-26(19)22)20(28)16-4-2-3-5-16/h6-9,16,19,27H,2-5,10-15H2,1H3. The molecule has 6 nitrogen and oxygen atoms in total. The van der Waals surface area contributed by atoms with Crippen LogP contribution in [0.4, 0.5) is 0 Å². The summed E-state index contributed by atoms with van der Waals surface area (Å²) in [4.78, 5) is 32.2. The van der Waals surface area contributed by atoms with Gasteiger partial charge in [-0.15, -0.1) is 0 Å². The molecule has 2 amide bonds. The smallest absolute Gasteiger partial charge is 0.253 e. The number of piperazine rings is 2. The van der Waals surface area contributed by atoms with Crippen molar-refractivity contribution >= 4 is 23.4 Å². The average Bonchev–Trinajstić information content (AvgIpc) is 3.27. The van der Waals surface area contributed by atoms with Crippen LogP contribution in [0, 0.1) is 5.92 Å². The van der Waals surface area contributed by atoms with Gasteiger partial charge in [-0.3, -0.25) is 14.5 Å². The van der Waals surface area contributed by atoms with E-state index in [2.05, 4.69) is 4.90 Å². The lowest BCUT2D eigenvalue weighted by atomic mass is 9.90. The quantitative estimate of drug-likeness (QED) is 0.816. The fourth-order valence-electron chi connectivity index (χ4n) is 5.24. The highest BCUT2D eigenvalue weighted by atomic mass is 35.5. The van der Waals surface area contributed by atoms with Crippen LogP contribution in [0.15, 0.2) is 24.3 Å². The normalized spacial score (nSPS) is 28.4. The molecule has 7 heteroatoms. The summed E-state index contributed by atoms with van der Waals surface area (Å²) in [6, 6.07) is 6.96. The predicted molar refractivity (Wildman–Crippen MR) is 112 cm³/mol. The summed E-state index contributed by atoms with van der Waals surface area (Å²) in [6.07, 6.45) is 4.29. The molecule has 29 heavy (non-hydrogen) atoms. The summed E-state index contributed by atoms with van der Waals surface area (Å²) in [7, 11) is 0. The first kappa shape index (κ1) is 20.6. The third-order valence-corrected chi connectivity index (χ3v) is 7.13. The van der Waals surface area contributed by atoms with Crippen LogP contribution in [0.1, 0.15) is 43.0 Å². The van der Waals surface area contributed by atoms with Gasteiger partial charge in [-0.1, -0.05) is 24.4 Å². The maximum absolute atomic E-state index is 13.1. The summed E-state index contributed by atoms with van der Waals surface area (Å²) < 4.78 is 0. The number of fused-ring (bicyclic) bond motifs is 1. The van der Waals surface area contributed by atoms with Gasteiger partial charge in [-0.25, -0.2) is 0 Å². The number of rotatable bonds is 3. The van der Waals surface area contributed by atoms with Crippen molar-refractivity contribution in [1.29, 1.82) is 0 Å². The predicted octanol–water partition coefficient (Wildman–Crippen LogP) is 2.25. The lowest BCUT2D eigenvalue weighted by molar-refractivity contribution is -0.144. The maximum Gasteiger partial charge on any atom is 0.253 e. The second-order valence-corrected chi connectivity index (χ2v) is 9.40. The van der Waals surface area contributed by atoms with Crippen LogP contribution in [0.5, 0.6) is 0 Å². The average molecular weight is 420 g/mol. The Hall–Kier alpha value is -1.63. The van der Waals surface area contributed by atoms with Gasteiger partial charge >= 0.3 is 0 Å². The van der Waals surface area contributed by atoms with Gasteiger partial charge in [0.2, 0.25) is 5.91 Å². The van der Waals surface area contributed by atoms with E-state index in [9.17, 15) is 14.7 Å². The molecule has 3 fully saturated rings. The van der Waals surface area contributed by atoms with Crippen molar-refractivity contribution in [3.63, 3.8) is 0 Å². The molecule has 1 aromatic carbocycles. The minimum Gasteiger partial charge on any atom is -0.394 e. The van der Waals surface area contributed by atoms with E-state index in [0.717, 1.165) is 32.2 Å². The SMILES string of the molecule is CC1(CO)CN(C(=O)c2ccc(Cl)cc2)CC2CN(C(=O)C3CCCC3)CCN21. The fraction of sp³-hybridized carbons (Fsp3) is 0.636. The number of hydrogen-bond acceptors (Lipinski definition) is 4. The van der Waals surface area contributed by atoms with Gasteiger partial charge in [0, 0.05) is 55.3 Å². The van der Waals surface area contributed by atoms with E-state index in [1.54, 1.807) is 24.3 Å². The van der Waals surface area contributed by atoms with Gasteiger partial charge in [0.05, 0.1) is 12.1 Å². The number of benzene rings is 1. The van der Waals surface area contributed by atoms with Gasteiger partial charge in [-0.2, -0.15) is 0 Å². The van der Waals surface area contributed by atoms with Crippen LogP contribution in [0.25, 0.3) is 0 Å². The van der Waals surface area contributed by atoms with Crippen LogP contribution in [-0.2, 0) is 4.79 Å². The monoisotopic (exact) mass is 419 g/mol. The molecule has 0 aromatic heterocycles. The number of nitrogens with zero attached hydrogens (tertiary/aromatic N) is 3. The Bertz CT molecular complexity index is 765. The topological polar surface area (TPSA) is 64.1 Å². The van der Waals surface area contributed by atoms with Crippen LogP contribution in [0.3, 0.4) is 0 Å². The second-order valence-electron chi connectivity index (χ2n) is 8.96. The summed E-state index contributed by atoms with van der Waals surface area (Å²) in [5.41, 5.74) is 0.0888. The van der Waals surface area contributed by atoms with Crippen molar-refractivity contribution in [2.75, 3.05) is 39.3 Å². The molecule has 0 spiro atoms. The molecule has 2 aliphatic heterocycles. The van der Waals surface area contributed by atoms with Crippen molar-refractivity contribution in [2.45, 2.75) is 44.2 Å². The number of carbonyl (C=O) groups excluding carboxylic acids is 2. The Balaban J connectivity index is 1.51. The lowest BCUT2D eigenvalue weighted by Gasteiger charge is -2.56. The molecule has 1 saturated carbocycles. The summed E-state index contributed by atoms with van der Waals surface area (Å²) in [6.45, 7) is 5.08. The molecule has 1 aliphatic carbocycles. The Labute approximate surface area is 177 Å². The first-order chi connectivity index (χ1) is 13.9. The van der Waals surface area contributed by atoms with Crippen LogP contribution >= 0.6 is 11.6 Å². The van der Waals surface area contributed by atoms with Crippen LogP contribution in [-0.4, -0.2) is 82.5 Å². The second kappa shape index (κ2) is 8.25. The lowest BCUT2D eigenvalue weighted by Crippen LogP contribution is -2.72. The molecule has 1 N–H and O–H groups in total. The van der Waals surface area contributed by atoms with Gasteiger partial charge in [0.25, 0.3) is 5.91 Å². The van der Waals surface area contributed by atoms with E-state index in [0.29, 0.717) is 36.8 Å². The zero-order chi connectivity index (χ0) is 20.6. The van der Waals surface area contributed by atoms with E-state index in [1.165, 1.54) is 0 Å². The molecule has 2 atom stereocenters. The molecule has 158 valence electrons. The van der Waals surface area contributed by atoms with Crippen molar-refractivity contribution in [3.05, 3.63) is 34.9 Å². The van der Waals surface area contributed by atoms with Crippen molar-refractivity contribution in [2.24, 2.45) is 5.92 Å². The largest absolute Gasteiger partial charge is 0.394 e. The Morgan fingerprint density at radius 1 is 1.10 bits per heavy atom. The highest BCUT2D eigenvalue weighted by Gasteiger charge is 2.47. The molecule has 2 heterocycles. The van der Waals surface area contributed by atoms with Crippen LogP contribution in [0.2, 0.25) is 5.02 Å². The third kappa shape index (κ3) is 4.03. The summed E-state index contributed by atoms with van der Waals surface area (Å²) >= 11 is 5.96. The molecule has 4 rings (SSSR count). The van der Waals surface area contributed by atoms with Crippen molar-refractivity contribution in [3.8, 4) is 0 Å². The summed E-state index contributed by atoms with van der Waals surface area (Å²) in [5, 5.41) is 10.8. The summed E-state index contributed by atoms with van der Waals surface area (Å²) in [5.74, 6) is 0.385. The maximum atomic E-state index is 13.1. The molecular weight excluding hydrogens is 390 g/mol. The first-order valence-electron chi connectivity index (χ1n) is 10.6. The molecular formula is C22H30ClN3O3. The van der Waals surface area contributed by atoms with E-state index < -0.39 is 5.54 Å². The zero-order valence-corrected chi connectivity index (χ0v) is 17.8. The number of halogens is 1. The molecule has 0 radical (unpaired) electrons. The highest BCUT2D eigenvalue weighted by Crippen LogP contribution is 2.32. The minimum atomic E-state index is -0.506. The van der Waals surface area contributed by atoms with Crippen LogP contribution < -0.4 is 0 Å². The molecule has 2 unspecified atom stereocenters. The number of hydrogen-bond donors (Lipinski definition) is 1. The van der Waals surface area contributed by atoms with Gasteiger partial charge < -0.3 is 14.9 Å². The number of amides is 2. The highest BCUT2D eigenvalue weighted by molar-refractivity contribution is 6.30. The third-order valence-electron chi connectivity index (χ3n) is 6.87. The molecule has 0 bridgehead atoms. The van der Waals surface area contributed by atoms with Crippen molar-refractivity contribution < 1.29 is 14.7 Å². The zero-order valence-electron chi connectivity index (χ0n) is 17.0. The molecule has 1 aromatic rings. The molecule has 3 aliphatic rings. The first-order valence-corrected chi connectivity index (χ1v) is 11.0. The van der Waals surface area contributed by atoms with Gasteiger partial charge in [-0.05, 0) is 44.0 Å². The number of aliphatic hydroxyl groups excluding tert-OH is 1. The van der Waals surface area contributed by atoms with Gasteiger partial charge in [0.1, 0.15) is 0 Å². The number of aliphatic hydroxyl groups is 1. The van der Waals surface area contributed by atoms with E-state index in [4.69, 9.17) is 11.6 Å². The minimum absolute atomic E-state index is 0.0233.